The highest BCUT2D eigenvalue weighted by molar-refractivity contribution is 5.05. The largest absolute Gasteiger partial charge is 0.312 e. The Bertz CT molecular complexity index is 187. The summed E-state index contributed by atoms with van der Waals surface area (Å²) in [5, 5.41) is 19.5. The van der Waals surface area contributed by atoms with Gasteiger partial charge >= 0.3 is 0 Å². The van der Waals surface area contributed by atoms with Crippen molar-refractivity contribution in [3.63, 3.8) is 0 Å². The van der Waals surface area contributed by atoms with E-state index < -0.39 is 5.54 Å². The average molecular weight is 154 g/mol. The van der Waals surface area contributed by atoms with Crippen molar-refractivity contribution in [1.29, 1.82) is 5.26 Å². The lowest BCUT2D eigenvalue weighted by molar-refractivity contribution is -0.192. The van der Waals surface area contributed by atoms with Crippen molar-refractivity contribution in [2.75, 3.05) is 0 Å². The molecule has 1 saturated heterocycles. The van der Waals surface area contributed by atoms with Crippen molar-refractivity contribution in [2.45, 2.75) is 44.7 Å². The zero-order valence-electron chi connectivity index (χ0n) is 7.04. The smallest absolute Gasteiger partial charge is 0.129 e. The monoisotopic (exact) mass is 154 g/mol. The topological polar surface area (TPSA) is 47.3 Å². The maximum atomic E-state index is 9.51. The van der Waals surface area contributed by atoms with Crippen LogP contribution in [0.1, 0.15) is 33.1 Å². The van der Waals surface area contributed by atoms with Crippen molar-refractivity contribution in [3.8, 4) is 6.07 Å². The molecule has 1 N–H and O–H groups in total. The molecule has 1 rings (SSSR count). The second-order valence-corrected chi connectivity index (χ2v) is 3.47. The van der Waals surface area contributed by atoms with Gasteiger partial charge in [0.1, 0.15) is 5.54 Å². The Morgan fingerprint density at radius 2 is 2.36 bits per heavy atom. The first-order chi connectivity index (χ1) is 5.10. The number of nitrogens with zero attached hydrogens (tertiary/aromatic N) is 2. The van der Waals surface area contributed by atoms with Gasteiger partial charge < -0.3 is 5.21 Å². The van der Waals surface area contributed by atoms with Crippen LogP contribution in [0.5, 0.6) is 0 Å². The third-order valence-electron chi connectivity index (χ3n) is 2.45. The molecular weight excluding hydrogens is 140 g/mol. The molecule has 0 aliphatic carbocycles. The van der Waals surface area contributed by atoms with E-state index in [9.17, 15) is 5.21 Å². The van der Waals surface area contributed by atoms with Crippen molar-refractivity contribution in [3.05, 3.63) is 0 Å². The highest BCUT2D eigenvalue weighted by atomic mass is 16.5. The number of rotatable bonds is 0. The first-order valence-electron chi connectivity index (χ1n) is 3.99. The number of nitriles is 1. The maximum absolute atomic E-state index is 9.51. The Labute approximate surface area is 67.2 Å². The molecule has 1 fully saturated rings. The van der Waals surface area contributed by atoms with E-state index >= 15 is 0 Å². The highest BCUT2D eigenvalue weighted by Gasteiger charge is 2.37. The quantitative estimate of drug-likeness (QED) is 0.575. The predicted molar refractivity (Wildman–Crippen MR) is 41.0 cm³/mol. The fraction of sp³-hybridized carbons (Fsp3) is 0.875. The van der Waals surface area contributed by atoms with Gasteiger partial charge in [0.25, 0.3) is 0 Å². The van der Waals surface area contributed by atoms with E-state index in [1.807, 2.05) is 6.92 Å². The molecule has 2 atom stereocenters. The van der Waals surface area contributed by atoms with Crippen molar-refractivity contribution < 1.29 is 5.21 Å². The van der Waals surface area contributed by atoms with Crippen LogP contribution in [0, 0.1) is 11.3 Å². The zero-order chi connectivity index (χ0) is 8.48. The second kappa shape index (κ2) is 2.80. The molecule has 1 aliphatic rings. The molecule has 0 aromatic carbocycles. The molecule has 3 heteroatoms. The third kappa shape index (κ3) is 1.37. The van der Waals surface area contributed by atoms with Crippen LogP contribution in [0.2, 0.25) is 0 Å². The Balaban J connectivity index is 2.74. The molecule has 0 aromatic rings. The third-order valence-corrected chi connectivity index (χ3v) is 2.45. The Hall–Kier alpha value is -0.590. The molecule has 0 bridgehead atoms. The SMILES string of the molecule is CC1CCCC(C)(C#N)N1O. The number of piperidine rings is 1. The molecular formula is C8H14N2O. The van der Waals surface area contributed by atoms with Crippen molar-refractivity contribution in [1.82, 2.24) is 5.06 Å². The zero-order valence-corrected chi connectivity index (χ0v) is 7.04. The van der Waals surface area contributed by atoms with Crippen LogP contribution in [0.25, 0.3) is 0 Å². The van der Waals surface area contributed by atoms with Crippen LogP contribution < -0.4 is 0 Å². The Morgan fingerprint density at radius 1 is 1.73 bits per heavy atom. The summed E-state index contributed by atoms with van der Waals surface area (Å²) in [5.41, 5.74) is -0.655. The van der Waals surface area contributed by atoms with Crippen LogP contribution in [0.4, 0.5) is 0 Å². The second-order valence-electron chi connectivity index (χ2n) is 3.47. The first kappa shape index (κ1) is 8.51. The molecule has 0 saturated carbocycles. The van der Waals surface area contributed by atoms with Crippen LogP contribution in [-0.2, 0) is 0 Å². The van der Waals surface area contributed by atoms with Gasteiger partial charge in [-0.15, -0.1) is 0 Å². The molecule has 0 spiro atoms. The molecule has 1 heterocycles. The minimum absolute atomic E-state index is 0.119. The standard InChI is InChI=1S/C8H14N2O/c1-7-4-3-5-8(2,6-9)10(7)11/h7,11H,3-5H2,1-2H3. The predicted octanol–water partition coefficient (Wildman–Crippen LogP) is 1.53. The summed E-state index contributed by atoms with van der Waals surface area (Å²) in [6.45, 7) is 3.72. The minimum atomic E-state index is -0.655. The van der Waals surface area contributed by atoms with E-state index in [0.717, 1.165) is 19.3 Å². The number of hydrogen-bond donors (Lipinski definition) is 1. The van der Waals surface area contributed by atoms with Gasteiger partial charge in [0, 0.05) is 6.04 Å². The van der Waals surface area contributed by atoms with E-state index in [1.165, 1.54) is 5.06 Å². The van der Waals surface area contributed by atoms with Gasteiger partial charge in [-0.1, -0.05) is 0 Å². The minimum Gasteiger partial charge on any atom is -0.312 e. The molecule has 11 heavy (non-hydrogen) atoms. The maximum Gasteiger partial charge on any atom is 0.129 e. The normalized spacial score (nSPS) is 40.0. The molecule has 3 nitrogen and oxygen atoms in total. The van der Waals surface area contributed by atoms with Gasteiger partial charge in [0.15, 0.2) is 0 Å². The Morgan fingerprint density at radius 3 is 2.82 bits per heavy atom. The lowest BCUT2D eigenvalue weighted by Crippen LogP contribution is -2.50. The molecule has 0 radical (unpaired) electrons. The highest BCUT2D eigenvalue weighted by Crippen LogP contribution is 2.29. The van der Waals surface area contributed by atoms with Crippen molar-refractivity contribution >= 4 is 0 Å². The molecule has 2 unspecified atom stereocenters. The summed E-state index contributed by atoms with van der Waals surface area (Å²) in [6.07, 6.45) is 2.78. The van der Waals surface area contributed by atoms with Crippen LogP contribution in [0.3, 0.4) is 0 Å². The van der Waals surface area contributed by atoms with E-state index in [0.29, 0.717) is 0 Å². The summed E-state index contributed by atoms with van der Waals surface area (Å²) in [6, 6.07) is 2.26. The molecule has 0 amide bonds. The van der Waals surface area contributed by atoms with Gasteiger partial charge in [-0.2, -0.15) is 10.3 Å². The summed E-state index contributed by atoms with van der Waals surface area (Å²) in [4.78, 5) is 0. The van der Waals surface area contributed by atoms with E-state index in [2.05, 4.69) is 6.07 Å². The van der Waals surface area contributed by atoms with Gasteiger partial charge in [-0.25, -0.2) is 0 Å². The summed E-state index contributed by atoms with van der Waals surface area (Å²) < 4.78 is 0. The summed E-state index contributed by atoms with van der Waals surface area (Å²) >= 11 is 0. The van der Waals surface area contributed by atoms with E-state index in [4.69, 9.17) is 5.26 Å². The van der Waals surface area contributed by atoms with Gasteiger partial charge in [-0.05, 0) is 33.1 Å². The fourth-order valence-corrected chi connectivity index (χ4v) is 1.57. The van der Waals surface area contributed by atoms with Gasteiger partial charge in [0.2, 0.25) is 0 Å². The van der Waals surface area contributed by atoms with Gasteiger partial charge in [-0.3, -0.25) is 0 Å². The Kier molecular flexibility index (Phi) is 2.17. The summed E-state index contributed by atoms with van der Waals surface area (Å²) in [7, 11) is 0. The number of hydroxylamine groups is 2. The van der Waals surface area contributed by atoms with Crippen LogP contribution in [-0.4, -0.2) is 21.9 Å². The van der Waals surface area contributed by atoms with Crippen molar-refractivity contribution in [2.24, 2.45) is 0 Å². The average Bonchev–Trinajstić information content (AvgIpc) is 2.00. The lowest BCUT2D eigenvalue weighted by atomic mass is 9.89. The molecule has 1 aliphatic heterocycles. The van der Waals surface area contributed by atoms with E-state index in [1.54, 1.807) is 6.92 Å². The first-order valence-corrected chi connectivity index (χ1v) is 3.99. The number of hydrogen-bond acceptors (Lipinski definition) is 3. The fourth-order valence-electron chi connectivity index (χ4n) is 1.57. The van der Waals surface area contributed by atoms with Crippen LogP contribution in [0.15, 0.2) is 0 Å². The van der Waals surface area contributed by atoms with Crippen LogP contribution >= 0.6 is 0 Å². The van der Waals surface area contributed by atoms with E-state index in [-0.39, 0.29) is 6.04 Å². The molecule has 0 aromatic heterocycles. The lowest BCUT2D eigenvalue weighted by Gasteiger charge is -2.39. The summed E-state index contributed by atoms with van der Waals surface area (Å²) in [5.74, 6) is 0. The van der Waals surface area contributed by atoms with Gasteiger partial charge in [0.05, 0.1) is 6.07 Å². The molecule has 62 valence electrons.